The first-order valence-electron chi connectivity index (χ1n) is 9.55. The Labute approximate surface area is 189 Å². The van der Waals surface area contributed by atoms with Crippen LogP contribution in [0.15, 0.2) is 58.4 Å². The van der Waals surface area contributed by atoms with E-state index in [4.69, 9.17) is 16.3 Å². The van der Waals surface area contributed by atoms with E-state index in [-0.39, 0.29) is 10.8 Å². The average Bonchev–Trinajstić information content (AvgIpc) is 3.10. The molecule has 0 amide bonds. The van der Waals surface area contributed by atoms with Crippen LogP contribution in [0.5, 0.6) is 5.75 Å². The maximum atomic E-state index is 14.0. The first kappa shape index (κ1) is 20.4. The van der Waals surface area contributed by atoms with Crippen molar-refractivity contribution in [2.75, 3.05) is 7.11 Å². The normalized spacial score (nSPS) is 11.4. The number of nitrogens with zero attached hydrogens (tertiary/aromatic N) is 2. The van der Waals surface area contributed by atoms with Gasteiger partial charge in [0.2, 0.25) is 0 Å². The number of ether oxygens (including phenoxy) is 1. The van der Waals surface area contributed by atoms with E-state index in [1.54, 1.807) is 13.1 Å². The fourth-order valence-electron chi connectivity index (χ4n) is 3.79. The van der Waals surface area contributed by atoms with Crippen molar-refractivity contribution < 1.29 is 9.13 Å². The molecule has 9 heteroatoms. The number of methoxy groups -OCH3 is 1. The summed E-state index contributed by atoms with van der Waals surface area (Å²) in [6, 6.07) is 10.0. The van der Waals surface area contributed by atoms with Gasteiger partial charge in [0.15, 0.2) is 11.6 Å². The highest BCUT2D eigenvalue weighted by Crippen LogP contribution is 2.41. The number of hydrogen-bond acceptors (Lipinski definition) is 5. The molecule has 160 valence electrons. The highest BCUT2D eigenvalue weighted by molar-refractivity contribution is 7.22. The zero-order valence-electron chi connectivity index (χ0n) is 16.9. The molecule has 0 spiro atoms. The molecule has 0 saturated carbocycles. The van der Waals surface area contributed by atoms with Crippen LogP contribution in [0.4, 0.5) is 4.39 Å². The predicted octanol–water partition coefficient (Wildman–Crippen LogP) is 5.07. The molecule has 3 heterocycles. The van der Waals surface area contributed by atoms with Gasteiger partial charge in [-0.1, -0.05) is 35.9 Å². The summed E-state index contributed by atoms with van der Waals surface area (Å²) in [4.78, 5) is 34.1. The Balaban J connectivity index is 1.81. The SMILES string of the molecule is COc1cc(-c2sc3c(=O)n(-c4cncc5ccccc45)c(=O)[nH]c3c2C)c(Cl)cc1F. The van der Waals surface area contributed by atoms with Gasteiger partial charge in [-0.25, -0.2) is 13.8 Å². The number of thiophene rings is 1. The fraction of sp³-hybridized carbons (Fsp3) is 0.0870. The predicted molar refractivity (Wildman–Crippen MR) is 125 cm³/mol. The molecular weight excluding hydrogens is 453 g/mol. The van der Waals surface area contributed by atoms with E-state index in [1.165, 1.54) is 36.8 Å². The van der Waals surface area contributed by atoms with Gasteiger partial charge in [-0.05, 0) is 24.6 Å². The number of aromatic amines is 1. The highest BCUT2D eigenvalue weighted by atomic mass is 35.5. The monoisotopic (exact) mass is 467 g/mol. The third-order valence-electron chi connectivity index (χ3n) is 5.35. The van der Waals surface area contributed by atoms with Gasteiger partial charge in [-0.3, -0.25) is 9.78 Å². The van der Waals surface area contributed by atoms with Crippen LogP contribution in [0, 0.1) is 12.7 Å². The van der Waals surface area contributed by atoms with Gasteiger partial charge in [0, 0.05) is 27.4 Å². The Morgan fingerprint density at radius 3 is 2.75 bits per heavy atom. The number of halogens is 2. The lowest BCUT2D eigenvalue weighted by atomic mass is 10.1. The largest absolute Gasteiger partial charge is 0.494 e. The molecule has 0 atom stereocenters. The number of pyridine rings is 1. The van der Waals surface area contributed by atoms with Crippen molar-refractivity contribution in [1.82, 2.24) is 14.5 Å². The minimum Gasteiger partial charge on any atom is -0.494 e. The molecular formula is C23H15ClFN3O3S. The zero-order valence-corrected chi connectivity index (χ0v) is 18.5. The number of fused-ring (bicyclic) bond motifs is 2. The van der Waals surface area contributed by atoms with Crippen LogP contribution in [0.3, 0.4) is 0 Å². The first-order valence-corrected chi connectivity index (χ1v) is 10.7. The fourth-order valence-corrected chi connectivity index (χ4v) is 5.31. The van der Waals surface area contributed by atoms with Crippen molar-refractivity contribution in [2.24, 2.45) is 0 Å². The molecule has 5 aromatic rings. The smallest absolute Gasteiger partial charge is 0.333 e. The van der Waals surface area contributed by atoms with Gasteiger partial charge in [-0.15, -0.1) is 11.3 Å². The molecule has 0 saturated heterocycles. The highest BCUT2D eigenvalue weighted by Gasteiger charge is 2.21. The van der Waals surface area contributed by atoms with Crippen LogP contribution >= 0.6 is 22.9 Å². The molecule has 0 unspecified atom stereocenters. The van der Waals surface area contributed by atoms with Crippen molar-refractivity contribution in [2.45, 2.75) is 6.92 Å². The summed E-state index contributed by atoms with van der Waals surface area (Å²) in [6.45, 7) is 1.78. The summed E-state index contributed by atoms with van der Waals surface area (Å²) in [5, 5.41) is 1.72. The molecule has 0 aliphatic carbocycles. The maximum absolute atomic E-state index is 14.0. The molecule has 0 bridgehead atoms. The number of H-pyrrole nitrogens is 1. The summed E-state index contributed by atoms with van der Waals surface area (Å²) >= 11 is 7.48. The molecule has 0 radical (unpaired) electrons. The lowest BCUT2D eigenvalue weighted by molar-refractivity contribution is 0.387. The van der Waals surface area contributed by atoms with Crippen molar-refractivity contribution in [3.63, 3.8) is 0 Å². The minimum atomic E-state index is -0.584. The van der Waals surface area contributed by atoms with Gasteiger partial charge in [0.1, 0.15) is 4.70 Å². The van der Waals surface area contributed by atoms with E-state index in [9.17, 15) is 14.0 Å². The summed E-state index contributed by atoms with van der Waals surface area (Å²) in [5.41, 5.74) is 0.955. The zero-order chi connectivity index (χ0) is 22.6. The second-order valence-corrected chi connectivity index (χ2v) is 8.61. The molecule has 5 rings (SSSR count). The van der Waals surface area contributed by atoms with Crippen LogP contribution in [-0.2, 0) is 0 Å². The van der Waals surface area contributed by atoms with E-state index in [2.05, 4.69) is 9.97 Å². The molecule has 1 N–H and O–H groups in total. The van der Waals surface area contributed by atoms with Crippen molar-refractivity contribution in [1.29, 1.82) is 0 Å². The van der Waals surface area contributed by atoms with Crippen LogP contribution in [0.2, 0.25) is 5.02 Å². The Bertz CT molecular complexity index is 1650. The molecule has 2 aromatic carbocycles. The lowest BCUT2D eigenvalue weighted by Crippen LogP contribution is -2.33. The van der Waals surface area contributed by atoms with Gasteiger partial charge in [0.05, 0.1) is 29.5 Å². The molecule has 0 aliphatic rings. The topological polar surface area (TPSA) is 77.0 Å². The van der Waals surface area contributed by atoms with Crippen LogP contribution in [0.25, 0.3) is 37.1 Å². The summed E-state index contributed by atoms with van der Waals surface area (Å²) < 4.78 is 20.5. The van der Waals surface area contributed by atoms with E-state index in [0.29, 0.717) is 31.9 Å². The number of nitrogens with one attached hydrogen (secondary N) is 1. The second kappa shape index (κ2) is 7.58. The molecule has 32 heavy (non-hydrogen) atoms. The van der Waals surface area contributed by atoms with Crippen LogP contribution in [-0.4, -0.2) is 21.6 Å². The molecule has 6 nitrogen and oxygen atoms in total. The summed E-state index contributed by atoms with van der Waals surface area (Å²) in [5.74, 6) is -0.548. The Hall–Kier alpha value is -3.49. The third kappa shape index (κ3) is 3.03. The lowest BCUT2D eigenvalue weighted by Gasteiger charge is -2.08. The second-order valence-electron chi connectivity index (χ2n) is 7.18. The van der Waals surface area contributed by atoms with Crippen LogP contribution < -0.4 is 16.0 Å². The van der Waals surface area contributed by atoms with Crippen molar-refractivity contribution in [3.8, 4) is 21.9 Å². The van der Waals surface area contributed by atoms with Gasteiger partial charge < -0.3 is 9.72 Å². The van der Waals surface area contributed by atoms with E-state index in [0.717, 1.165) is 15.3 Å². The Kier molecular flexibility index (Phi) is 4.83. The van der Waals surface area contributed by atoms with Gasteiger partial charge in [0.25, 0.3) is 5.56 Å². The van der Waals surface area contributed by atoms with E-state index >= 15 is 0 Å². The van der Waals surface area contributed by atoms with E-state index < -0.39 is 17.1 Å². The van der Waals surface area contributed by atoms with Gasteiger partial charge >= 0.3 is 5.69 Å². The van der Waals surface area contributed by atoms with Gasteiger partial charge in [-0.2, -0.15) is 0 Å². The van der Waals surface area contributed by atoms with Crippen LogP contribution in [0.1, 0.15) is 5.56 Å². The molecule has 3 aromatic heterocycles. The molecule has 0 aliphatic heterocycles. The number of hydrogen-bond donors (Lipinski definition) is 1. The standard InChI is InChI=1S/C23H15ClFN3O3S/c1-11-19-21(32-20(11)14-7-18(31-2)16(25)8-15(14)24)22(29)28(23(30)27-19)17-10-26-9-12-5-3-4-6-13(12)17/h3-10H,1-2H3,(H,27,30). The first-order chi connectivity index (χ1) is 15.4. The van der Waals surface area contributed by atoms with Crippen molar-refractivity contribution >= 4 is 43.9 Å². The summed E-state index contributed by atoms with van der Waals surface area (Å²) in [6.07, 6.45) is 3.17. The number of aromatic nitrogens is 3. The number of rotatable bonds is 3. The van der Waals surface area contributed by atoms with Crippen molar-refractivity contribution in [3.05, 3.63) is 86.0 Å². The Morgan fingerprint density at radius 1 is 1.19 bits per heavy atom. The number of benzene rings is 2. The minimum absolute atomic E-state index is 0.0361. The number of aryl methyl sites for hydroxylation is 1. The maximum Gasteiger partial charge on any atom is 0.333 e. The Morgan fingerprint density at radius 2 is 1.97 bits per heavy atom. The average molecular weight is 468 g/mol. The quantitative estimate of drug-likeness (QED) is 0.402. The molecule has 0 fully saturated rings. The third-order valence-corrected chi connectivity index (χ3v) is 6.98. The van der Waals surface area contributed by atoms with E-state index in [1.807, 2.05) is 24.3 Å². The summed E-state index contributed by atoms with van der Waals surface area (Å²) in [7, 11) is 1.36.